The van der Waals surface area contributed by atoms with E-state index in [4.69, 9.17) is 14.6 Å². The van der Waals surface area contributed by atoms with Gasteiger partial charge in [0, 0.05) is 69.2 Å². The number of rotatable bonds is 4. The number of piperidine rings is 1. The van der Waals surface area contributed by atoms with Crippen LogP contribution >= 0.6 is 24.8 Å². The van der Waals surface area contributed by atoms with Crippen LogP contribution in [0.15, 0.2) is 48.5 Å². The van der Waals surface area contributed by atoms with Gasteiger partial charge in [0.1, 0.15) is 0 Å². The van der Waals surface area contributed by atoms with Gasteiger partial charge in [-0.25, -0.2) is 4.79 Å². The molecule has 0 saturated carbocycles. The van der Waals surface area contributed by atoms with Gasteiger partial charge in [-0.1, -0.05) is 0 Å². The summed E-state index contributed by atoms with van der Waals surface area (Å²) in [6.07, 6.45) is 1.84. The summed E-state index contributed by atoms with van der Waals surface area (Å²) in [4.78, 5) is 18.2. The first kappa shape index (κ1) is 25.4. The van der Waals surface area contributed by atoms with E-state index in [1.807, 2.05) is 12.1 Å². The molecule has 3 fully saturated rings. The summed E-state index contributed by atoms with van der Waals surface area (Å²) in [7, 11) is 0. The number of carboxylic acids is 1. The van der Waals surface area contributed by atoms with Crippen molar-refractivity contribution in [3.63, 3.8) is 0 Å². The van der Waals surface area contributed by atoms with Crippen molar-refractivity contribution in [2.45, 2.75) is 18.6 Å². The fourth-order valence-electron chi connectivity index (χ4n) is 4.80. The minimum absolute atomic E-state index is 0. The fourth-order valence-corrected chi connectivity index (χ4v) is 4.80. The van der Waals surface area contributed by atoms with Crippen LogP contribution in [-0.2, 0) is 9.47 Å². The maximum atomic E-state index is 11.0. The van der Waals surface area contributed by atoms with Crippen LogP contribution in [-0.4, -0.2) is 69.3 Å². The molecule has 180 valence electrons. The molecule has 0 amide bonds. The molecule has 9 heteroatoms. The van der Waals surface area contributed by atoms with Crippen molar-refractivity contribution >= 4 is 47.8 Å². The highest BCUT2D eigenvalue weighted by atomic mass is 35.5. The number of anilines is 3. The number of carbonyl (C=O) groups is 1. The van der Waals surface area contributed by atoms with Gasteiger partial charge < -0.3 is 29.3 Å². The van der Waals surface area contributed by atoms with Crippen LogP contribution in [0.4, 0.5) is 17.1 Å². The zero-order valence-corrected chi connectivity index (χ0v) is 20.2. The molecule has 0 aromatic heterocycles. The number of carboxylic acid groups (broad SMARTS) is 1. The molecule has 0 atom stereocenters. The van der Waals surface area contributed by atoms with Crippen LogP contribution in [0.25, 0.3) is 0 Å². The number of benzene rings is 2. The number of nitrogens with zero attached hydrogens (tertiary/aromatic N) is 3. The van der Waals surface area contributed by atoms with Gasteiger partial charge >= 0.3 is 5.97 Å². The minimum Gasteiger partial charge on any atom is -0.478 e. The molecular formula is C24H31Cl2N3O4. The zero-order chi connectivity index (χ0) is 21.3. The van der Waals surface area contributed by atoms with Gasteiger partial charge in [0.25, 0.3) is 0 Å². The molecule has 2 aromatic carbocycles. The van der Waals surface area contributed by atoms with E-state index in [2.05, 4.69) is 39.0 Å². The normalized spacial score (nSPS) is 19.7. The first-order chi connectivity index (χ1) is 15.1. The lowest BCUT2D eigenvalue weighted by Gasteiger charge is -2.39. The number of aromatic carboxylic acids is 1. The van der Waals surface area contributed by atoms with E-state index in [-0.39, 0.29) is 30.6 Å². The lowest BCUT2D eigenvalue weighted by atomic mass is 10.0. The van der Waals surface area contributed by atoms with Crippen LogP contribution in [0.3, 0.4) is 0 Å². The third kappa shape index (κ3) is 5.49. The van der Waals surface area contributed by atoms with E-state index in [1.165, 1.54) is 11.4 Å². The lowest BCUT2D eigenvalue weighted by molar-refractivity contribution is -0.169. The average Bonchev–Trinajstić information content (AvgIpc) is 3.28. The second-order valence-electron chi connectivity index (χ2n) is 8.44. The summed E-state index contributed by atoms with van der Waals surface area (Å²) in [5, 5.41) is 9.06. The molecule has 0 radical (unpaired) electrons. The zero-order valence-electron chi connectivity index (χ0n) is 18.5. The Kier molecular flexibility index (Phi) is 8.34. The number of hydrogen-bond acceptors (Lipinski definition) is 6. The number of piperazine rings is 1. The monoisotopic (exact) mass is 495 g/mol. The summed E-state index contributed by atoms with van der Waals surface area (Å²) in [6.45, 7) is 7.08. The molecule has 33 heavy (non-hydrogen) atoms. The molecule has 5 rings (SSSR count). The van der Waals surface area contributed by atoms with Crippen molar-refractivity contribution in [2.24, 2.45) is 0 Å². The third-order valence-electron chi connectivity index (χ3n) is 6.68. The van der Waals surface area contributed by atoms with E-state index in [0.29, 0.717) is 5.56 Å². The van der Waals surface area contributed by atoms with E-state index < -0.39 is 5.97 Å². The molecular weight excluding hydrogens is 465 g/mol. The lowest BCUT2D eigenvalue weighted by Crippen LogP contribution is -2.46. The second kappa shape index (κ2) is 10.8. The van der Waals surface area contributed by atoms with Crippen LogP contribution in [0.2, 0.25) is 0 Å². The maximum Gasteiger partial charge on any atom is 0.335 e. The predicted octanol–water partition coefficient (Wildman–Crippen LogP) is 3.90. The molecule has 2 aromatic rings. The van der Waals surface area contributed by atoms with E-state index in [0.717, 1.165) is 71.0 Å². The average molecular weight is 496 g/mol. The van der Waals surface area contributed by atoms with Crippen LogP contribution < -0.4 is 14.7 Å². The standard InChI is InChI=1S/C24H29N3O4.2ClH/c28-23(29)19-1-3-20(4-2-19)26-13-15-27(16-14-26)22-7-5-21(6-8-22)25-11-9-24(10-12-25)30-17-18-31-24;;/h1-8H,9-18H2,(H,28,29);2*1H. The predicted molar refractivity (Wildman–Crippen MR) is 135 cm³/mol. The molecule has 0 aliphatic carbocycles. The van der Waals surface area contributed by atoms with Crippen LogP contribution in [0.5, 0.6) is 0 Å². The Bertz CT molecular complexity index is 902. The van der Waals surface area contributed by atoms with Crippen LogP contribution in [0.1, 0.15) is 23.2 Å². The SMILES string of the molecule is Cl.Cl.O=C(O)c1ccc(N2CCN(c3ccc(N4CCC5(CC4)OCCO5)cc3)CC2)cc1. The first-order valence-electron chi connectivity index (χ1n) is 11.1. The minimum atomic E-state index is -0.885. The van der Waals surface area contributed by atoms with Gasteiger partial charge in [-0.3, -0.25) is 0 Å². The van der Waals surface area contributed by atoms with Gasteiger partial charge in [0.05, 0.1) is 18.8 Å². The smallest absolute Gasteiger partial charge is 0.335 e. The quantitative estimate of drug-likeness (QED) is 0.689. The van der Waals surface area contributed by atoms with Gasteiger partial charge in [-0.05, 0) is 48.5 Å². The van der Waals surface area contributed by atoms with Gasteiger partial charge in [0.2, 0.25) is 0 Å². The molecule has 0 unspecified atom stereocenters. The van der Waals surface area contributed by atoms with Crippen molar-refractivity contribution in [2.75, 3.05) is 67.2 Å². The Labute approximate surface area is 207 Å². The highest BCUT2D eigenvalue weighted by Gasteiger charge is 2.39. The van der Waals surface area contributed by atoms with E-state index in [1.54, 1.807) is 12.1 Å². The number of hydrogen-bond donors (Lipinski definition) is 1. The molecule has 3 saturated heterocycles. The Morgan fingerprint density at radius 2 is 1.03 bits per heavy atom. The molecule has 1 spiro atoms. The fraction of sp³-hybridized carbons (Fsp3) is 0.458. The first-order valence-corrected chi connectivity index (χ1v) is 11.1. The topological polar surface area (TPSA) is 65.5 Å². The molecule has 7 nitrogen and oxygen atoms in total. The molecule has 3 heterocycles. The van der Waals surface area contributed by atoms with Crippen molar-refractivity contribution in [1.29, 1.82) is 0 Å². The Morgan fingerprint density at radius 1 is 0.667 bits per heavy atom. The number of ether oxygens (including phenoxy) is 2. The van der Waals surface area contributed by atoms with Crippen molar-refractivity contribution < 1.29 is 19.4 Å². The molecule has 0 bridgehead atoms. The Balaban J connectivity index is 0.00000153. The molecule has 1 N–H and O–H groups in total. The summed E-state index contributed by atoms with van der Waals surface area (Å²) in [5.74, 6) is -1.21. The van der Waals surface area contributed by atoms with Crippen molar-refractivity contribution in [3.8, 4) is 0 Å². The maximum absolute atomic E-state index is 11.0. The molecule has 3 aliphatic heterocycles. The van der Waals surface area contributed by atoms with Crippen LogP contribution in [0, 0.1) is 0 Å². The van der Waals surface area contributed by atoms with Crippen molar-refractivity contribution in [3.05, 3.63) is 54.1 Å². The number of halogens is 2. The molecule has 3 aliphatic rings. The summed E-state index contributed by atoms with van der Waals surface area (Å²) in [5.41, 5.74) is 3.92. The Hall–Kier alpha value is -2.19. The third-order valence-corrected chi connectivity index (χ3v) is 6.68. The van der Waals surface area contributed by atoms with Crippen molar-refractivity contribution in [1.82, 2.24) is 0 Å². The van der Waals surface area contributed by atoms with E-state index in [9.17, 15) is 4.79 Å². The Morgan fingerprint density at radius 3 is 1.42 bits per heavy atom. The van der Waals surface area contributed by atoms with Gasteiger partial charge in [0.15, 0.2) is 5.79 Å². The highest BCUT2D eigenvalue weighted by molar-refractivity contribution is 5.88. The second-order valence-corrected chi connectivity index (χ2v) is 8.44. The summed E-state index contributed by atoms with van der Waals surface area (Å²) >= 11 is 0. The summed E-state index contributed by atoms with van der Waals surface area (Å²) in [6, 6.07) is 16.0. The highest BCUT2D eigenvalue weighted by Crippen LogP contribution is 2.33. The van der Waals surface area contributed by atoms with Gasteiger partial charge in [-0.15, -0.1) is 24.8 Å². The summed E-state index contributed by atoms with van der Waals surface area (Å²) < 4.78 is 11.7. The van der Waals surface area contributed by atoms with E-state index >= 15 is 0 Å². The largest absolute Gasteiger partial charge is 0.478 e. The van der Waals surface area contributed by atoms with Gasteiger partial charge in [-0.2, -0.15) is 0 Å².